The van der Waals surface area contributed by atoms with E-state index < -0.39 is 5.97 Å². The Hall–Kier alpha value is -3.02. The molecule has 2 aromatic rings. The fraction of sp³-hybridized carbons (Fsp3) is 0.364. The molecule has 150 valence electrons. The van der Waals surface area contributed by atoms with Crippen molar-refractivity contribution >= 4 is 11.9 Å². The van der Waals surface area contributed by atoms with Gasteiger partial charge in [-0.05, 0) is 55.2 Å². The van der Waals surface area contributed by atoms with E-state index in [1.807, 2.05) is 42.5 Å². The quantitative estimate of drug-likeness (QED) is 0.580. The molecule has 28 heavy (non-hydrogen) atoms. The third-order valence-electron chi connectivity index (χ3n) is 4.34. The molecule has 0 unspecified atom stereocenters. The Kier molecular flexibility index (Phi) is 8.34. The molecule has 6 nitrogen and oxygen atoms in total. The summed E-state index contributed by atoms with van der Waals surface area (Å²) in [5.41, 5.74) is 3.40. The van der Waals surface area contributed by atoms with Crippen molar-refractivity contribution in [2.75, 3.05) is 19.8 Å². The Labute approximate surface area is 165 Å². The largest absolute Gasteiger partial charge is 0.490 e. The van der Waals surface area contributed by atoms with Gasteiger partial charge >= 0.3 is 5.97 Å². The van der Waals surface area contributed by atoms with Crippen molar-refractivity contribution in [3.63, 3.8) is 0 Å². The molecule has 0 heterocycles. The van der Waals surface area contributed by atoms with Crippen LogP contribution >= 0.6 is 0 Å². The Morgan fingerprint density at radius 1 is 0.964 bits per heavy atom. The topological polar surface area (TPSA) is 84.9 Å². The van der Waals surface area contributed by atoms with Crippen LogP contribution in [0.5, 0.6) is 11.5 Å². The van der Waals surface area contributed by atoms with Gasteiger partial charge in [0.05, 0.1) is 6.42 Å². The highest BCUT2D eigenvalue weighted by molar-refractivity contribution is 5.80. The summed E-state index contributed by atoms with van der Waals surface area (Å²) < 4.78 is 11.6. The summed E-state index contributed by atoms with van der Waals surface area (Å²) in [4.78, 5) is 22.1. The first-order valence-corrected chi connectivity index (χ1v) is 9.35. The van der Waals surface area contributed by atoms with Crippen molar-refractivity contribution in [2.45, 2.75) is 33.1 Å². The van der Waals surface area contributed by atoms with E-state index >= 15 is 0 Å². The maximum atomic E-state index is 11.6. The van der Waals surface area contributed by atoms with Crippen molar-refractivity contribution < 1.29 is 24.2 Å². The number of carboxylic acid groups (broad SMARTS) is 1. The zero-order chi connectivity index (χ0) is 20.4. The Morgan fingerprint density at radius 3 is 2.46 bits per heavy atom. The smallest absolute Gasteiger partial charge is 0.303 e. The van der Waals surface area contributed by atoms with Gasteiger partial charge in [0, 0.05) is 13.0 Å². The third-order valence-corrected chi connectivity index (χ3v) is 4.34. The Balaban J connectivity index is 1.75. The van der Waals surface area contributed by atoms with E-state index in [9.17, 15) is 9.59 Å². The van der Waals surface area contributed by atoms with Gasteiger partial charge in [-0.1, -0.05) is 24.3 Å². The van der Waals surface area contributed by atoms with E-state index in [1.165, 1.54) is 11.1 Å². The van der Waals surface area contributed by atoms with Crippen LogP contribution in [0.3, 0.4) is 0 Å². The van der Waals surface area contributed by atoms with E-state index in [0.29, 0.717) is 26.2 Å². The number of ether oxygens (including phenoxy) is 2. The van der Waals surface area contributed by atoms with Gasteiger partial charge in [-0.3, -0.25) is 9.59 Å². The number of hydrogen-bond donors (Lipinski definition) is 2. The first-order valence-electron chi connectivity index (χ1n) is 9.35. The molecule has 2 rings (SSSR count). The number of aliphatic carboxylic acids is 1. The number of hydrogen-bond acceptors (Lipinski definition) is 4. The fourth-order valence-electron chi connectivity index (χ4n) is 2.61. The highest BCUT2D eigenvalue weighted by Crippen LogP contribution is 2.19. The zero-order valence-corrected chi connectivity index (χ0v) is 16.4. The highest BCUT2D eigenvalue weighted by atomic mass is 16.5. The van der Waals surface area contributed by atoms with Gasteiger partial charge < -0.3 is 19.9 Å². The van der Waals surface area contributed by atoms with E-state index in [-0.39, 0.29) is 18.7 Å². The molecule has 1 amide bonds. The van der Waals surface area contributed by atoms with Crippen LogP contribution in [0.15, 0.2) is 42.5 Å². The molecule has 0 aliphatic rings. The maximum absolute atomic E-state index is 11.6. The van der Waals surface area contributed by atoms with E-state index in [1.54, 1.807) is 0 Å². The van der Waals surface area contributed by atoms with Crippen molar-refractivity contribution in [1.29, 1.82) is 0 Å². The summed E-state index contributed by atoms with van der Waals surface area (Å²) in [6, 6.07) is 13.6. The van der Waals surface area contributed by atoms with Crippen LogP contribution in [-0.4, -0.2) is 36.7 Å². The standard InChI is InChI=1S/C22H27NO5/c1-16-7-8-19(15-17(16)2)27-13-14-28-20-6-4-3-5-18(20)11-12-23-21(24)9-10-22(25)26/h3-8,15H,9-14H2,1-2H3,(H,23,24)(H,25,26). The van der Waals surface area contributed by atoms with Crippen molar-refractivity contribution in [3.05, 3.63) is 59.2 Å². The molecule has 0 bridgehead atoms. The molecule has 0 saturated heterocycles. The SMILES string of the molecule is Cc1ccc(OCCOc2ccccc2CCNC(=O)CCC(=O)O)cc1C. The lowest BCUT2D eigenvalue weighted by Crippen LogP contribution is -2.26. The average Bonchev–Trinajstić information content (AvgIpc) is 2.67. The number of carbonyl (C=O) groups is 2. The number of rotatable bonds is 11. The fourth-order valence-corrected chi connectivity index (χ4v) is 2.61. The van der Waals surface area contributed by atoms with Crippen LogP contribution in [0.1, 0.15) is 29.5 Å². The second-order valence-corrected chi connectivity index (χ2v) is 6.54. The van der Waals surface area contributed by atoms with Gasteiger partial charge in [0.1, 0.15) is 24.7 Å². The molecule has 2 N–H and O–H groups in total. The third kappa shape index (κ3) is 7.31. The van der Waals surface area contributed by atoms with Crippen LogP contribution in [0.2, 0.25) is 0 Å². The molecule has 6 heteroatoms. The van der Waals surface area contributed by atoms with Crippen molar-refractivity contribution in [3.8, 4) is 11.5 Å². The minimum atomic E-state index is -0.975. The number of carboxylic acids is 1. The molecule has 0 fully saturated rings. The normalized spacial score (nSPS) is 10.4. The summed E-state index contributed by atoms with van der Waals surface area (Å²) in [6.45, 7) is 5.39. The van der Waals surface area contributed by atoms with Crippen molar-refractivity contribution in [1.82, 2.24) is 5.32 Å². The second kappa shape index (κ2) is 11.0. The molecular weight excluding hydrogens is 358 g/mol. The molecular formula is C22H27NO5. The molecule has 0 spiro atoms. The van der Waals surface area contributed by atoms with Gasteiger partial charge in [0.25, 0.3) is 0 Å². The lowest BCUT2D eigenvalue weighted by atomic mass is 10.1. The van der Waals surface area contributed by atoms with Crippen LogP contribution in [0, 0.1) is 13.8 Å². The summed E-state index contributed by atoms with van der Waals surface area (Å²) in [6.07, 6.45) is 0.433. The van der Waals surface area contributed by atoms with E-state index in [0.717, 1.165) is 17.1 Å². The predicted molar refractivity (Wildman–Crippen MR) is 107 cm³/mol. The summed E-state index contributed by atoms with van der Waals surface area (Å²) in [5, 5.41) is 11.3. The number of aryl methyl sites for hydroxylation is 2. The van der Waals surface area contributed by atoms with E-state index in [2.05, 4.69) is 19.2 Å². The molecule has 0 saturated carbocycles. The molecule has 2 aromatic carbocycles. The molecule has 0 atom stereocenters. The van der Waals surface area contributed by atoms with Gasteiger partial charge in [-0.2, -0.15) is 0 Å². The summed E-state index contributed by atoms with van der Waals surface area (Å²) in [7, 11) is 0. The van der Waals surface area contributed by atoms with Gasteiger partial charge in [0.15, 0.2) is 0 Å². The van der Waals surface area contributed by atoms with E-state index in [4.69, 9.17) is 14.6 Å². The molecule has 0 radical (unpaired) electrons. The molecule has 0 aliphatic heterocycles. The summed E-state index contributed by atoms with van der Waals surface area (Å²) in [5.74, 6) is 0.342. The second-order valence-electron chi connectivity index (χ2n) is 6.54. The monoisotopic (exact) mass is 385 g/mol. The molecule has 0 aromatic heterocycles. The highest BCUT2D eigenvalue weighted by Gasteiger charge is 2.07. The van der Waals surface area contributed by atoms with Crippen LogP contribution in [0.4, 0.5) is 0 Å². The van der Waals surface area contributed by atoms with Crippen LogP contribution in [-0.2, 0) is 16.0 Å². The lowest BCUT2D eigenvalue weighted by molar-refractivity contribution is -0.138. The first-order chi connectivity index (χ1) is 13.5. The Bertz CT molecular complexity index is 803. The average molecular weight is 385 g/mol. The number of amides is 1. The van der Waals surface area contributed by atoms with Crippen LogP contribution < -0.4 is 14.8 Å². The van der Waals surface area contributed by atoms with Gasteiger partial charge in [0.2, 0.25) is 5.91 Å². The Morgan fingerprint density at radius 2 is 1.71 bits per heavy atom. The predicted octanol–water partition coefficient (Wildman–Crippen LogP) is 3.28. The molecule has 0 aliphatic carbocycles. The number of para-hydroxylation sites is 1. The number of carbonyl (C=O) groups excluding carboxylic acids is 1. The van der Waals surface area contributed by atoms with Crippen molar-refractivity contribution in [2.24, 2.45) is 0 Å². The zero-order valence-electron chi connectivity index (χ0n) is 16.4. The minimum Gasteiger partial charge on any atom is -0.490 e. The number of benzene rings is 2. The minimum absolute atomic E-state index is 0.0106. The number of nitrogens with one attached hydrogen (secondary N) is 1. The van der Waals surface area contributed by atoms with Crippen LogP contribution in [0.25, 0.3) is 0 Å². The van der Waals surface area contributed by atoms with Gasteiger partial charge in [-0.25, -0.2) is 0 Å². The first kappa shape index (κ1) is 21.3. The van der Waals surface area contributed by atoms with Gasteiger partial charge in [-0.15, -0.1) is 0 Å². The summed E-state index contributed by atoms with van der Waals surface area (Å²) >= 11 is 0. The maximum Gasteiger partial charge on any atom is 0.303 e. The lowest BCUT2D eigenvalue weighted by Gasteiger charge is -2.13.